The maximum atomic E-state index is 14.2. The van der Waals surface area contributed by atoms with E-state index in [-0.39, 0.29) is 5.82 Å². The molecule has 0 amide bonds. The number of ether oxygens (including phenoxy) is 1. The molecule has 4 aromatic heterocycles. The van der Waals surface area contributed by atoms with Crippen LogP contribution in [0.4, 0.5) is 15.9 Å². The lowest BCUT2D eigenvalue weighted by atomic mass is 10.1. The molecule has 0 spiro atoms. The van der Waals surface area contributed by atoms with Gasteiger partial charge in [-0.2, -0.15) is 4.98 Å². The van der Waals surface area contributed by atoms with Crippen molar-refractivity contribution in [2.75, 3.05) is 12.4 Å². The molecule has 150 valence electrons. The van der Waals surface area contributed by atoms with Gasteiger partial charge in [0.2, 0.25) is 5.88 Å². The highest BCUT2D eigenvalue weighted by Crippen LogP contribution is 2.27. The summed E-state index contributed by atoms with van der Waals surface area (Å²) in [5.41, 5.74) is 3.78. The zero-order valence-corrected chi connectivity index (χ0v) is 16.8. The second-order valence-electron chi connectivity index (χ2n) is 7.41. The molecule has 0 unspecified atom stereocenters. The van der Waals surface area contributed by atoms with E-state index < -0.39 is 0 Å². The third-order valence-electron chi connectivity index (χ3n) is 4.47. The molecular weight excluding hydrogens is 371 g/mol. The summed E-state index contributed by atoms with van der Waals surface area (Å²) >= 11 is 0. The first kappa shape index (κ1) is 18.9. The second kappa shape index (κ2) is 7.54. The van der Waals surface area contributed by atoms with Gasteiger partial charge in [0, 0.05) is 24.7 Å². The Hall–Kier alpha value is -3.42. The fourth-order valence-corrected chi connectivity index (χ4v) is 3.26. The highest BCUT2D eigenvalue weighted by molar-refractivity contribution is 5.73. The van der Waals surface area contributed by atoms with Crippen LogP contribution in [-0.4, -0.2) is 31.0 Å². The van der Waals surface area contributed by atoms with Crippen LogP contribution in [0.15, 0.2) is 43.1 Å². The minimum absolute atomic E-state index is 0.356. The average molecular weight is 394 g/mol. The number of halogens is 1. The zero-order valence-electron chi connectivity index (χ0n) is 16.8. The standard InChI is InChI=1S/C21H23FN6O/c1-13(2)7-16-11-27-10-15(22)8-17(20(27)24-16)25-19-6-5-18(21(26-19)29-4)28-9-14(3)23-12-28/h5-6,8-13H,7H2,1-4H3,(H,25,26). The van der Waals surface area contributed by atoms with E-state index >= 15 is 0 Å². The van der Waals surface area contributed by atoms with Crippen molar-refractivity contribution < 1.29 is 9.13 Å². The molecule has 0 aliphatic carbocycles. The van der Waals surface area contributed by atoms with Crippen LogP contribution in [0.25, 0.3) is 11.3 Å². The lowest BCUT2D eigenvalue weighted by Crippen LogP contribution is -2.02. The van der Waals surface area contributed by atoms with Crippen LogP contribution in [0.1, 0.15) is 25.2 Å². The van der Waals surface area contributed by atoms with Crippen LogP contribution in [0, 0.1) is 18.7 Å². The van der Waals surface area contributed by atoms with Crippen LogP contribution in [0.2, 0.25) is 0 Å². The molecule has 4 aromatic rings. The van der Waals surface area contributed by atoms with Gasteiger partial charge in [0.1, 0.15) is 17.3 Å². The fourth-order valence-electron chi connectivity index (χ4n) is 3.26. The summed E-state index contributed by atoms with van der Waals surface area (Å²) in [4.78, 5) is 13.4. The van der Waals surface area contributed by atoms with Crippen molar-refractivity contribution in [3.05, 3.63) is 60.3 Å². The van der Waals surface area contributed by atoms with Crippen LogP contribution < -0.4 is 10.1 Å². The number of hydrogen-bond acceptors (Lipinski definition) is 5. The van der Waals surface area contributed by atoms with E-state index in [1.54, 1.807) is 17.8 Å². The van der Waals surface area contributed by atoms with Gasteiger partial charge in [0.15, 0.2) is 5.65 Å². The number of fused-ring (bicyclic) bond motifs is 1. The quantitative estimate of drug-likeness (QED) is 0.528. The molecule has 0 saturated carbocycles. The van der Waals surface area contributed by atoms with Crippen molar-refractivity contribution in [1.29, 1.82) is 0 Å². The summed E-state index contributed by atoms with van der Waals surface area (Å²) in [5.74, 6) is 1.07. The van der Waals surface area contributed by atoms with Crippen molar-refractivity contribution >= 4 is 17.2 Å². The topological polar surface area (TPSA) is 69.3 Å². The predicted octanol–water partition coefficient (Wildman–Crippen LogP) is 4.31. The van der Waals surface area contributed by atoms with Crippen LogP contribution in [0.5, 0.6) is 5.88 Å². The molecule has 4 rings (SSSR count). The Balaban J connectivity index is 1.70. The smallest absolute Gasteiger partial charge is 0.240 e. The van der Waals surface area contributed by atoms with Gasteiger partial charge in [0.25, 0.3) is 0 Å². The molecule has 1 N–H and O–H groups in total. The number of methoxy groups -OCH3 is 1. The fraction of sp³-hybridized carbons (Fsp3) is 0.286. The number of aryl methyl sites for hydroxylation is 1. The number of nitrogens with zero attached hydrogens (tertiary/aromatic N) is 5. The highest BCUT2D eigenvalue weighted by atomic mass is 19.1. The maximum absolute atomic E-state index is 14.2. The summed E-state index contributed by atoms with van der Waals surface area (Å²) in [6, 6.07) is 5.11. The van der Waals surface area contributed by atoms with Gasteiger partial charge in [-0.25, -0.2) is 14.4 Å². The monoisotopic (exact) mass is 394 g/mol. The van der Waals surface area contributed by atoms with E-state index in [1.165, 1.54) is 12.3 Å². The molecule has 0 saturated heterocycles. The minimum Gasteiger partial charge on any atom is -0.479 e. The summed E-state index contributed by atoms with van der Waals surface area (Å²) < 4.78 is 23.2. The van der Waals surface area contributed by atoms with E-state index in [2.05, 4.69) is 34.1 Å². The Kier molecular flexibility index (Phi) is 4.92. The second-order valence-corrected chi connectivity index (χ2v) is 7.41. The van der Waals surface area contributed by atoms with E-state index in [4.69, 9.17) is 4.74 Å². The van der Waals surface area contributed by atoms with E-state index in [1.807, 2.05) is 36.0 Å². The number of aromatic nitrogens is 5. The number of rotatable bonds is 6. The normalized spacial score (nSPS) is 11.4. The van der Waals surface area contributed by atoms with Gasteiger partial charge < -0.3 is 19.0 Å². The number of hydrogen-bond donors (Lipinski definition) is 1. The molecule has 0 atom stereocenters. The molecule has 0 aliphatic heterocycles. The third kappa shape index (κ3) is 3.91. The van der Waals surface area contributed by atoms with Gasteiger partial charge in [-0.3, -0.25) is 0 Å². The largest absolute Gasteiger partial charge is 0.479 e. The van der Waals surface area contributed by atoms with Gasteiger partial charge in [-0.1, -0.05) is 13.8 Å². The van der Waals surface area contributed by atoms with Crippen molar-refractivity contribution in [3.8, 4) is 11.6 Å². The maximum Gasteiger partial charge on any atom is 0.240 e. The Morgan fingerprint density at radius 2 is 2.00 bits per heavy atom. The molecule has 29 heavy (non-hydrogen) atoms. The van der Waals surface area contributed by atoms with Gasteiger partial charge in [-0.05, 0) is 31.4 Å². The van der Waals surface area contributed by atoms with Crippen LogP contribution in [-0.2, 0) is 6.42 Å². The molecule has 0 aromatic carbocycles. The Morgan fingerprint density at radius 3 is 2.69 bits per heavy atom. The molecule has 0 radical (unpaired) electrons. The first-order chi connectivity index (χ1) is 13.9. The van der Waals surface area contributed by atoms with Crippen molar-refractivity contribution in [3.63, 3.8) is 0 Å². The first-order valence-electron chi connectivity index (χ1n) is 9.43. The van der Waals surface area contributed by atoms with Gasteiger partial charge >= 0.3 is 0 Å². The SMILES string of the molecule is COc1nc(Nc2cc(F)cn3cc(CC(C)C)nc23)ccc1-n1cnc(C)c1. The summed E-state index contributed by atoms with van der Waals surface area (Å²) in [5, 5.41) is 3.17. The Morgan fingerprint density at radius 1 is 1.17 bits per heavy atom. The number of nitrogens with one attached hydrogen (secondary N) is 1. The van der Waals surface area contributed by atoms with E-state index in [9.17, 15) is 4.39 Å². The van der Waals surface area contributed by atoms with E-state index in [0.717, 1.165) is 23.5 Å². The number of imidazole rings is 2. The van der Waals surface area contributed by atoms with Crippen molar-refractivity contribution in [1.82, 2.24) is 23.9 Å². The third-order valence-corrected chi connectivity index (χ3v) is 4.47. The molecule has 8 heteroatoms. The highest BCUT2D eigenvalue weighted by Gasteiger charge is 2.13. The summed E-state index contributed by atoms with van der Waals surface area (Å²) in [7, 11) is 1.56. The van der Waals surface area contributed by atoms with E-state index in [0.29, 0.717) is 29.0 Å². The van der Waals surface area contributed by atoms with Crippen LogP contribution in [0.3, 0.4) is 0 Å². The molecule has 4 heterocycles. The first-order valence-corrected chi connectivity index (χ1v) is 9.43. The van der Waals surface area contributed by atoms with Gasteiger partial charge in [0.05, 0.1) is 30.5 Å². The minimum atomic E-state index is -0.356. The van der Waals surface area contributed by atoms with Crippen molar-refractivity contribution in [2.24, 2.45) is 5.92 Å². The number of anilines is 2. The zero-order chi connectivity index (χ0) is 20.5. The van der Waals surface area contributed by atoms with Crippen LogP contribution >= 0.6 is 0 Å². The average Bonchev–Trinajstić information content (AvgIpc) is 3.26. The molecule has 7 nitrogen and oxygen atoms in total. The lowest BCUT2D eigenvalue weighted by molar-refractivity contribution is 0.396. The summed E-state index contributed by atoms with van der Waals surface area (Å²) in [6.45, 7) is 6.17. The van der Waals surface area contributed by atoms with Crippen molar-refractivity contribution in [2.45, 2.75) is 27.2 Å². The molecule has 0 aliphatic rings. The predicted molar refractivity (Wildman–Crippen MR) is 110 cm³/mol. The lowest BCUT2D eigenvalue weighted by Gasteiger charge is -2.12. The molecule has 0 fully saturated rings. The Bertz CT molecular complexity index is 1160. The molecular formula is C21H23FN6O. The Labute approximate surface area is 168 Å². The van der Waals surface area contributed by atoms with Gasteiger partial charge in [-0.15, -0.1) is 0 Å². The molecule has 0 bridgehead atoms. The summed E-state index contributed by atoms with van der Waals surface area (Å²) in [6.07, 6.45) is 7.72. The number of pyridine rings is 2.